The molecule has 2 atom stereocenters. The normalized spacial score (nSPS) is 25.4. The molecule has 1 aromatic rings. The van der Waals surface area contributed by atoms with Crippen LogP contribution in [0, 0.1) is 5.92 Å². The van der Waals surface area contributed by atoms with Gasteiger partial charge in [0.1, 0.15) is 0 Å². The molecule has 2 N–H and O–H groups in total. The molecule has 0 bridgehead atoms. The predicted octanol–water partition coefficient (Wildman–Crippen LogP) is 1.19. The summed E-state index contributed by atoms with van der Waals surface area (Å²) in [6.45, 7) is 3.06. The Balaban J connectivity index is 2.17. The Bertz CT molecular complexity index is 487. The van der Waals surface area contributed by atoms with Gasteiger partial charge in [-0.2, -0.15) is 4.31 Å². The lowest BCUT2D eigenvalue weighted by Crippen LogP contribution is -2.42. The van der Waals surface area contributed by atoms with Gasteiger partial charge in [0.05, 0.1) is 5.75 Å². The van der Waals surface area contributed by atoms with Crippen molar-refractivity contribution >= 4 is 10.0 Å². The number of hydrogen-bond acceptors (Lipinski definition) is 3. The average Bonchev–Trinajstić information content (AvgIpc) is 2.72. The second-order valence-electron chi connectivity index (χ2n) is 4.92. The fraction of sp³-hybridized carbons (Fsp3) is 0.538. The van der Waals surface area contributed by atoms with Crippen LogP contribution in [0.3, 0.4) is 0 Å². The minimum Gasteiger partial charge on any atom is -0.329 e. The fourth-order valence-corrected chi connectivity index (χ4v) is 4.41. The van der Waals surface area contributed by atoms with E-state index in [2.05, 4.69) is 6.92 Å². The average molecular weight is 268 g/mol. The van der Waals surface area contributed by atoms with Crippen molar-refractivity contribution in [3.8, 4) is 0 Å². The van der Waals surface area contributed by atoms with Gasteiger partial charge in [-0.25, -0.2) is 8.42 Å². The number of rotatable bonds is 4. The molecule has 100 valence electrons. The molecule has 0 amide bonds. The number of sulfonamides is 1. The van der Waals surface area contributed by atoms with Crippen molar-refractivity contribution in [1.29, 1.82) is 0 Å². The zero-order valence-corrected chi connectivity index (χ0v) is 11.4. The highest BCUT2D eigenvalue weighted by atomic mass is 32.2. The molecule has 1 heterocycles. The molecule has 0 spiro atoms. The maximum Gasteiger partial charge on any atom is 0.218 e. The van der Waals surface area contributed by atoms with Crippen LogP contribution in [0.5, 0.6) is 0 Å². The summed E-state index contributed by atoms with van der Waals surface area (Å²) >= 11 is 0. The third kappa shape index (κ3) is 2.74. The van der Waals surface area contributed by atoms with Gasteiger partial charge in [-0.15, -0.1) is 0 Å². The molecule has 1 aliphatic heterocycles. The van der Waals surface area contributed by atoms with Gasteiger partial charge < -0.3 is 5.73 Å². The second kappa shape index (κ2) is 5.38. The molecule has 1 fully saturated rings. The Morgan fingerprint density at radius 1 is 1.33 bits per heavy atom. The van der Waals surface area contributed by atoms with Crippen molar-refractivity contribution in [2.24, 2.45) is 11.7 Å². The van der Waals surface area contributed by atoms with E-state index in [1.54, 1.807) is 4.31 Å². The molecule has 4 nitrogen and oxygen atoms in total. The molecule has 1 aromatic carbocycles. The first-order valence-corrected chi connectivity index (χ1v) is 7.89. The molecule has 0 radical (unpaired) electrons. The van der Waals surface area contributed by atoms with E-state index >= 15 is 0 Å². The van der Waals surface area contributed by atoms with Crippen LogP contribution in [0.15, 0.2) is 30.3 Å². The first-order valence-electron chi connectivity index (χ1n) is 6.28. The van der Waals surface area contributed by atoms with E-state index in [4.69, 9.17) is 5.73 Å². The molecule has 18 heavy (non-hydrogen) atoms. The second-order valence-corrected chi connectivity index (χ2v) is 6.84. The van der Waals surface area contributed by atoms with E-state index in [0.29, 0.717) is 19.0 Å². The van der Waals surface area contributed by atoms with E-state index in [-0.39, 0.29) is 11.8 Å². The molecule has 2 unspecified atom stereocenters. The van der Waals surface area contributed by atoms with Gasteiger partial charge in [-0.05, 0) is 17.9 Å². The molecule has 1 aliphatic rings. The maximum atomic E-state index is 12.4. The zero-order chi connectivity index (χ0) is 13.2. The van der Waals surface area contributed by atoms with Crippen LogP contribution < -0.4 is 5.73 Å². The van der Waals surface area contributed by atoms with Crippen LogP contribution >= 0.6 is 0 Å². The SMILES string of the molecule is CC1CCN(S(=O)(=O)Cc2ccccc2)C1CN. The maximum absolute atomic E-state index is 12.4. The lowest BCUT2D eigenvalue weighted by atomic mass is 10.0. The highest BCUT2D eigenvalue weighted by Gasteiger charge is 2.37. The summed E-state index contributed by atoms with van der Waals surface area (Å²) in [5, 5.41) is 0. The van der Waals surface area contributed by atoms with Gasteiger partial charge >= 0.3 is 0 Å². The summed E-state index contributed by atoms with van der Waals surface area (Å²) in [5.74, 6) is 0.414. The Hall–Kier alpha value is -0.910. The quantitative estimate of drug-likeness (QED) is 0.892. The lowest BCUT2D eigenvalue weighted by Gasteiger charge is -2.25. The minimum atomic E-state index is -3.25. The van der Waals surface area contributed by atoms with Gasteiger partial charge in [0, 0.05) is 19.1 Å². The van der Waals surface area contributed by atoms with Crippen LogP contribution in [0.25, 0.3) is 0 Å². The molecule has 0 aliphatic carbocycles. The molecule has 5 heteroatoms. The van der Waals surface area contributed by atoms with E-state index in [1.807, 2.05) is 30.3 Å². The van der Waals surface area contributed by atoms with Crippen molar-refractivity contribution in [2.45, 2.75) is 25.1 Å². The molecule has 0 saturated carbocycles. The summed E-state index contributed by atoms with van der Waals surface area (Å²) in [5.41, 5.74) is 6.53. The largest absolute Gasteiger partial charge is 0.329 e. The van der Waals surface area contributed by atoms with E-state index < -0.39 is 10.0 Å². The highest BCUT2D eigenvalue weighted by Crippen LogP contribution is 2.27. The zero-order valence-electron chi connectivity index (χ0n) is 10.6. The Labute approximate surface area is 109 Å². The molecular weight excluding hydrogens is 248 g/mol. The molecule has 2 rings (SSSR count). The summed E-state index contributed by atoms with van der Waals surface area (Å²) in [6, 6.07) is 9.24. The third-order valence-corrected chi connectivity index (χ3v) is 5.49. The van der Waals surface area contributed by atoms with E-state index in [0.717, 1.165) is 12.0 Å². The fourth-order valence-electron chi connectivity index (χ4n) is 2.54. The van der Waals surface area contributed by atoms with Gasteiger partial charge in [0.15, 0.2) is 0 Å². The Kier molecular flexibility index (Phi) is 4.04. The van der Waals surface area contributed by atoms with Crippen LogP contribution in [0.4, 0.5) is 0 Å². The third-order valence-electron chi connectivity index (χ3n) is 3.62. The first-order chi connectivity index (χ1) is 8.54. The van der Waals surface area contributed by atoms with Gasteiger partial charge in [0.25, 0.3) is 0 Å². The first kappa shape index (κ1) is 13.5. The standard InChI is InChI=1S/C13H20N2O2S/c1-11-7-8-15(13(11)9-14)18(16,17)10-12-5-3-2-4-6-12/h2-6,11,13H,7-10,14H2,1H3. The minimum absolute atomic E-state index is 0.0429. The Morgan fingerprint density at radius 3 is 2.61 bits per heavy atom. The monoisotopic (exact) mass is 268 g/mol. The van der Waals surface area contributed by atoms with Crippen molar-refractivity contribution in [3.05, 3.63) is 35.9 Å². The number of nitrogens with two attached hydrogens (primary N) is 1. The summed E-state index contributed by atoms with van der Waals surface area (Å²) in [4.78, 5) is 0. The summed E-state index contributed by atoms with van der Waals surface area (Å²) in [7, 11) is -3.25. The van der Waals surface area contributed by atoms with E-state index in [1.165, 1.54) is 0 Å². The van der Waals surface area contributed by atoms with Gasteiger partial charge in [0.2, 0.25) is 10.0 Å². The van der Waals surface area contributed by atoms with Gasteiger partial charge in [-0.1, -0.05) is 37.3 Å². The van der Waals surface area contributed by atoms with Crippen molar-refractivity contribution < 1.29 is 8.42 Å². The highest BCUT2D eigenvalue weighted by molar-refractivity contribution is 7.88. The number of nitrogens with zero attached hydrogens (tertiary/aromatic N) is 1. The number of hydrogen-bond donors (Lipinski definition) is 1. The van der Waals surface area contributed by atoms with Crippen molar-refractivity contribution in [2.75, 3.05) is 13.1 Å². The molecular formula is C13H20N2O2S. The van der Waals surface area contributed by atoms with Crippen LogP contribution in [0.2, 0.25) is 0 Å². The summed E-state index contributed by atoms with van der Waals surface area (Å²) in [6.07, 6.45) is 0.899. The molecule has 0 aromatic heterocycles. The van der Waals surface area contributed by atoms with Crippen LogP contribution in [-0.4, -0.2) is 31.9 Å². The topological polar surface area (TPSA) is 63.4 Å². The smallest absolute Gasteiger partial charge is 0.218 e. The van der Waals surface area contributed by atoms with Crippen LogP contribution in [-0.2, 0) is 15.8 Å². The molecule has 1 saturated heterocycles. The Morgan fingerprint density at radius 2 is 2.00 bits per heavy atom. The van der Waals surface area contributed by atoms with Crippen molar-refractivity contribution in [1.82, 2.24) is 4.31 Å². The predicted molar refractivity (Wildman–Crippen MR) is 72.4 cm³/mol. The van der Waals surface area contributed by atoms with E-state index in [9.17, 15) is 8.42 Å². The van der Waals surface area contributed by atoms with Crippen molar-refractivity contribution in [3.63, 3.8) is 0 Å². The van der Waals surface area contributed by atoms with Gasteiger partial charge in [-0.3, -0.25) is 0 Å². The van der Waals surface area contributed by atoms with Crippen LogP contribution in [0.1, 0.15) is 18.9 Å². The lowest BCUT2D eigenvalue weighted by molar-refractivity contribution is 0.354. The summed E-state index contributed by atoms with van der Waals surface area (Å²) < 4.78 is 26.4. The number of benzene rings is 1.